The highest BCUT2D eigenvalue weighted by Gasteiger charge is 2.27. The predicted octanol–water partition coefficient (Wildman–Crippen LogP) is 3.02. The molecule has 5 nitrogen and oxygen atoms in total. The molecule has 1 aliphatic rings. The van der Waals surface area contributed by atoms with Crippen LogP contribution in [0, 0.1) is 5.92 Å². The molecule has 1 heterocycles. The number of carbonyl (C=O) groups excluding carboxylic acids is 1. The molecule has 3 rings (SSSR count). The van der Waals surface area contributed by atoms with Crippen molar-refractivity contribution in [2.24, 2.45) is 11.7 Å². The maximum atomic E-state index is 12.2. The van der Waals surface area contributed by atoms with E-state index in [9.17, 15) is 4.79 Å². The van der Waals surface area contributed by atoms with E-state index >= 15 is 0 Å². The second-order valence-electron chi connectivity index (χ2n) is 6.15. The Hall–Kier alpha value is -1.88. The lowest BCUT2D eigenvalue weighted by atomic mass is 10.1. The Bertz CT molecular complexity index is 663. The third-order valence-corrected chi connectivity index (χ3v) is 4.01. The number of oxazole rings is 1. The fraction of sp³-hybridized carbons (Fsp3) is 0.500. The Morgan fingerprint density at radius 1 is 1.43 bits per heavy atom. The van der Waals surface area contributed by atoms with Gasteiger partial charge in [-0.05, 0) is 37.5 Å². The number of anilines is 1. The summed E-state index contributed by atoms with van der Waals surface area (Å²) >= 11 is 0. The number of hydrogen-bond donors (Lipinski definition) is 2. The lowest BCUT2D eigenvalue weighted by molar-refractivity contribution is -0.119. The Morgan fingerprint density at radius 3 is 2.90 bits per heavy atom. The van der Waals surface area contributed by atoms with E-state index in [1.807, 2.05) is 32.0 Å². The first-order valence-corrected chi connectivity index (χ1v) is 7.50. The molecule has 0 saturated heterocycles. The number of nitrogens with two attached hydrogens (primary N) is 1. The fourth-order valence-corrected chi connectivity index (χ4v) is 2.77. The van der Waals surface area contributed by atoms with Gasteiger partial charge in [0.15, 0.2) is 11.5 Å². The van der Waals surface area contributed by atoms with Crippen LogP contribution in [-0.2, 0) is 4.79 Å². The van der Waals surface area contributed by atoms with Crippen LogP contribution in [0.1, 0.15) is 44.9 Å². The lowest BCUT2D eigenvalue weighted by Gasteiger charge is -2.10. The van der Waals surface area contributed by atoms with Gasteiger partial charge >= 0.3 is 0 Å². The smallest absolute Gasteiger partial charge is 0.227 e. The van der Waals surface area contributed by atoms with E-state index in [1.165, 1.54) is 0 Å². The van der Waals surface area contributed by atoms with Crippen LogP contribution in [0.5, 0.6) is 0 Å². The number of rotatable bonds is 3. The number of hydrogen-bond acceptors (Lipinski definition) is 4. The zero-order valence-corrected chi connectivity index (χ0v) is 12.4. The summed E-state index contributed by atoms with van der Waals surface area (Å²) in [6, 6.07) is 5.72. The molecule has 1 amide bonds. The monoisotopic (exact) mass is 287 g/mol. The Labute approximate surface area is 123 Å². The van der Waals surface area contributed by atoms with Gasteiger partial charge in [-0.25, -0.2) is 4.98 Å². The van der Waals surface area contributed by atoms with E-state index in [2.05, 4.69) is 10.3 Å². The molecule has 1 aromatic heterocycles. The van der Waals surface area contributed by atoms with Crippen LogP contribution in [0.25, 0.3) is 11.1 Å². The normalized spacial score (nSPS) is 22.1. The average Bonchev–Trinajstić information content (AvgIpc) is 3.04. The van der Waals surface area contributed by atoms with Crippen molar-refractivity contribution in [1.29, 1.82) is 0 Å². The average molecular weight is 287 g/mol. The number of nitrogens with one attached hydrogen (secondary N) is 1. The molecule has 0 spiro atoms. The third-order valence-electron chi connectivity index (χ3n) is 4.01. The van der Waals surface area contributed by atoms with E-state index < -0.39 is 0 Å². The Balaban J connectivity index is 1.76. The number of fused-ring (bicyclic) bond motifs is 1. The van der Waals surface area contributed by atoms with Crippen molar-refractivity contribution in [3.05, 3.63) is 24.1 Å². The molecule has 0 radical (unpaired) electrons. The SMILES string of the molecule is CC(C)c1nc2cc(NC(=O)C3CCC(N)C3)ccc2o1. The first kappa shape index (κ1) is 14.1. The highest BCUT2D eigenvalue weighted by Crippen LogP contribution is 2.27. The summed E-state index contributed by atoms with van der Waals surface area (Å²) in [6.45, 7) is 4.08. The van der Waals surface area contributed by atoms with Crippen LogP contribution >= 0.6 is 0 Å². The molecule has 3 N–H and O–H groups in total. The van der Waals surface area contributed by atoms with Crippen molar-refractivity contribution in [2.75, 3.05) is 5.32 Å². The van der Waals surface area contributed by atoms with Crippen LogP contribution in [-0.4, -0.2) is 16.9 Å². The van der Waals surface area contributed by atoms with Gasteiger partial charge in [0, 0.05) is 23.6 Å². The number of benzene rings is 1. The highest BCUT2D eigenvalue weighted by molar-refractivity contribution is 5.94. The maximum absolute atomic E-state index is 12.2. The van der Waals surface area contributed by atoms with Gasteiger partial charge in [0.25, 0.3) is 0 Å². The molecular formula is C16H21N3O2. The van der Waals surface area contributed by atoms with Gasteiger partial charge < -0.3 is 15.5 Å². The zero-order chi connectivity index (χ0) is 15.0. The summed E-state index contributed by atoms with van der Waals surface area (Å²) in [4.78, 5) is 16.7. The quantitative estimate of drug-likeness (QED) is 0.909. The molecular weight excluding hydrogens is 266 g/mol. The summed E-state index contributed by atoms with van der Waals surface area (Å²) in [6.07, 6.45) is 2.57. The minimum atomic E-state index is 0.0271. The summed E-state index contributed by atoms with van der Waals surface area (Å²) in [5.41, 5.74) is 8.15. The van der Waals surface area contributed by atoms with Gasteiger partial charge in [-0.2, -0.15) is 0 Å². The summed E-state index contributed by atoms with van der Waals surface area (Å²) in [7, 11) is 0. The van der Waals surface area contributed by atoms with Crippen molar-refractivity contribution in [3.63, 3.8) is 0 Å². The van der Waals surface area contributed by atoms with E-state index in [0.29, 0.717) is 0 Å². The minimum absolute atomic E-state index is 0.0271. The van der Waals surface area contributed by atoms with E-state index in [4.69, 9.17) is 10.2 Å². The van der Waals surface area contributed by atoms with E-state index in [-0.39, 0.29) is 23.8 Å². The largest absolute Gasteiger partial charge is 0.440 e. The molecule has 21 heavy (non-hydrogen) atoms. The molecule has 1 saturated carbocycles. The summed E-state index contributed by atoms with van der Waals surface area (Å²) < 4.78 is 5.66. The molecule has 5 heteroatoms. The fourth-order valence-electron chi connectivity index (χ4n) is 2.77. The van der Waals surface area contributed by atoms with Crippen LogP contribution in [0.2, 0.25) is 0 Å². The third kappa shape index (κ3) is 2.93. The predicted molar refractivity (Wildman–Crippen MR) is 82.0 cm³/mol. The molecule has 1 fully saturated rings. The summed E-state index contributed by atoms with van der Waals surface area (Å²) in [5.74, 6) is 1.04. The molecule has 2 aromatic rings. The summed E-state index contributed by atoms with van der Waals surface area (Å²) in [5, 5.41) is 2.96. The molecule has 1 aromatic carbocycles. The number of carbonyl (C=O) groups is 1. The highest BCUT2D eigenvalue weighted by atomic mass is 16.3. The first-order chi connectivity index (χ1) is 10.0. The second-order valence-corrected chi connectivity index (χ2v) is 6.15. The van der Waals surface area contributed by atoms with Gasteiger partial charge in [-0.3, -0.25) is 4.79 Å². The van der Waals surface area contributed by atoms with Gasteiger partial charge in [-0.15, -0.1) is 0 Å². The number of nitrogens with zero attached hydrogens (tertiary/aromatic N) is 1. The first-order valence-electron chi connectivity index (χ1n) is 7.50. The minimum Gasteiger partial charge on any atom is -0.440 e. The van der Waals surface area contributed by atoms with Gasteiger partial charge in [0.2, 0.25) is 5.91 Å². The van der Waals surface area contributed by atoms with Crippen molar-refractivity contribution in [3.8, 4) is 0 Å². The van der Waals surface area contributed by atoms with E-state index in [0.717, 1.165) is 41.9 Å². The molecule has 2 unspecified atom stereocenters. The molecule has 1 aliphatic carbocycles. The van der Waals surface area contributed by atoms with Crippen molar-refractivity contribution in [1.82, 2.24) is 4.98 Å². The molecule has 0 bridgehead atoms. The van der Waals surface area contributed by atoms with Gasteiger partial charge in [0.1, 0.15) is 5.52 Å². The van der Waals surface area contributed by atoms with Crippen molar-refractivity contribution < 1.29 is 9.21 Å². The van der Waals surface area contributed by atoms with Crippen LogP contribution in [0.3, 0.4) is 0 Å². The van der Waals surface area contributed by atoms with Gasteiger partial charge in [0.05, 0.1) is 0 Å². The van der Waals surface area contributed by atoms with E-state index in [1.54, 1.807) is 0 Å². The van der Waals surface area contributed by atoms with Crippen LogP contribution in [0.4, 0.5) is 5.69 Å². The topological polar surface area (TPSA) is 81.2 Å². The molecule has 112 valence electrons. The van der Waals surface area contributed by atoms with Gasteiger partial charge in [-0.1, -0.05) is 13.8 Å². The van der Waals surface area contributed by atoms with Crippen molar-refractivity contribution in [2.45, 2.75) is 45.1 Å². The second kappa shape index (κ2) is 5.48. The molecule has 0 aliphatic heterocycles. The Morgan fingerprint density at radius 2 is 2.24 bits per heavy atom. The zero-order valence-electron chi connectivity index (χ0n) is 12.4. The lowest BCUT2D eigenvalue weighted by Crippen LogP contribution is -2.23. The maximum Gasteiger partial charge on any atom is 0.227 e. The van der Waals surface area contributed by atoms with Crippen LogP contribution in [0.15, 0.2) is 22.6 Å². The number of aromatic nitrogens is 1. The van der Waals surface area contributed by atoms with Crippen LogP contribution < -0.4 is 11.1 Å². The van der Waals surface area contributed by atoms with Crippen molar-refractivity contribution >= 4 is 22.7 Å². The molecule has 2 atom stereocenters. The standard InChI is InChI=1S/C16H21N3O2/c1-9(2)16-19-13-8-12(5-6-14(13)21-16)18-15(20)10-3-4-11(17)7-10/h5-6,8-11H,3-4,7,17H2,1-2H3,(H,18,20). The number of amides is 1. The Kier molecular flexibility index (Phi) is 3.68.